The first-order valence-electron chi connectivity index (χ1n) is 9.69. The molecule has 0 radical (unpaired) electrons. The average molecular weight is 362 g/mol. The third-order valence-corrected chi connectivity index (χ3v) is 5.70. The fourth-order valence-electron chi connectivity index (χ4n) is 4.17. The Morgan fingerprint density at radius 1 is 1.31 bits per heavy atom. The zero-order valence-electron chi connectivity index (χ0n) is 15.9. The van der Waals surface area contributed by atoms with Crippen LogP contribution >= 0.6 is 0 Å². The number of hydrogen-bond donors (Lipinski definition) is 1. The van der Waals surface area contributed by atoms with Gasteiger partial charge in [0.2, 0.25) is 5.91 Å². The number of furan rings is 1. The van der Waals surface area contributed by atoms with Crippen LogP contribution < -0.4 is 0 Å². The molecule has 2 amide bonds. The van der Waals surface area contributed by atoms with Gasteiger partial charge in [-0.25, -0.2) is 0 Å². The Morgan fingerprint density at radius 2 is 2.12 bits per heavy atom. The number of aliphatic hydroxyl groups excluding tert-OH is 1. The van der Waals surface area contributed by atoms with Crippen LogP contribution in [0.3, 0.4) is 0 Å². The van der Waals surface area contributed by atoms with Gasteiger partial charge < -0.3 is 19.3 Å². The Labute approximate surface area is 155 Å². The van der Waals surface area contributed by atoms with Crippen LogP contribution in [-0.2, 0) is 11.4 Å². The molecule has 0 bridgehead atoms. The minimum absolute atomic E-state index is 0.00516. The Balaban J connectivity index is 1.68. The van der Waals surface area contributed by atoms with Crippen molar-refractivity contribution in [2.24, 2.45) is 11.3 Å². The lowest BCUT2D eigenvalue weighted by Gasteiger charge is -2.48. The minimum atomic E-state index is -0.204. The zero-order chi connectivity index (χ0) is 18.7. The van der Waals surface area contributed by atoms with Crippen LogP contribution in [0.4, 0.5) is 0 Å². The average Bonchev–Trinajstić information content (AvgIpc) is 3.11. The molecule has 1 aromatic rings. The quantitative estimate of drug-likeness (QED) is 0.874. The highest BCUT2D eigenvalue weighted by Gasteiger charge is 2.43. The molecular formula is C20H30N2O4. The van der Waals surface area contributed by atoms with Crippen molar-refractivity contribution in [3.63, 3.8) is 0 Å². The van der Waals surface area contributed by atoms with E-state index in [9.17, 15) is 9.59 Å². The van der Waals surface area contributed by atoms with Crippen molar-refractivity contribution >= 4 is 11.8 Å². The fraction of sp³-hybridized carbons (Fsp3) is 0.700. The summed E-state index contributed by atoms with van der Waals surface area (Å²) in [6.45, 7) is 7.10. The standard InChI is InChI=1S/C20H30N2O4/c1-15(2)7-11-21-13-20(9-6-18(21)24)8-3-10-22(14-20)19(25)17-5-4-16(12-23)26-17/h4-5,15,23H,3,6-14H2,1-2H3. The highest BCUT2D eigenvalue weighted by Crippen LogP contribution is 2.39. The van der Waals surface area contributed by atoms with Gasteiger partial charge in [-0.15, -0.1) is 0 Å². The van der Waals surface area contributed by atoms with Crippen LogP contribution in [0.25, 0.3) is 0 Å². The first-order chi connectivity index (χ1) is 12.4. The lowest BCUT2D eigenvalue weighted by atomic mass is 9.73. The molecule has 3 heterocycles. The van der Waals surface area contributed by atoms with Gasteiger partial charge in [0, 0.05) is 38.0 Å². The fourth-order valence-corrected chi connectivity index (χ4v) is 4.17. The molecule has 1 spiro atoms. The maximum atomic E-state index is 12.8. The van der Waals surface area contributed by atoms with E-state index in [4.69, 9.17) is 9.52 Å². The predicted molar refractivity (Wildman–Crippen MR) is 97.5 cm³/mol. The molecular weight excluding hydrogens is 332 g/mol. The molecule has 26 heavy (non-hydrogen) atoms. The lowest BCUT2D eigenvalue weighted by Crippen LogP contribution is -2.55. The highest BCUT2D eigenvalue weighted by atomic mass is 16.4. The monoisotopic (exact) mass is 362 g/mol. The Bertz CT molecular complexity index is 654. The van der Waals surface area contributed by atoms with Crippen LogP contribution in [0.1, 0.15) is 62.3 Å². The van der Waals surface area contributed by atoms with Crippen molar-refractivity contribution in [3.05, 3.63) is 23.7 Å². The number of carbonyl (C=O) groups is 2. The molecule has 144 valence electrons. The molecule has 1 atom stereocenters. The summed E-state index contributed by atoms with van der Waals surface area (Å²) in [5.41, 5.74) is 0.00516. The van der Waals surface area contributed by atoms with Gasteiger partial charge in [0.05, 0.1) is 0 Å². The number of carbonyl (C=O) groups excluding carboxylic acids is 2. The number of amides is 2. The van der Waals surface area contributed by atoms with E-state index in [1.54, 1.807) is 12.1 Å². The molecule has 1 aromatic heterocycles. The van der Waals surface area contributed by atoms with Crippen molar-refractivity contribution < 1.29 is 19.1 Å². The lowest BCUT2D eigenvalue weighted by molar-refractivity contribution is -0.139. The second-order valence-electron chi connectivity index (χ2n) is 8.25. The SMILES string of the molecule is CC(C)CCN1CC2(CCCN(C(=O)c3ccc(CO)o3)C2)CCC1=O. The Hall–Kier alpha value is -1.82. The molecule has 2 aliphatic rings. The van der Waals surface area contributed by atoms with Crippen LogP contribution in [0.5, 0.6) is 0 Å². The van der Waals surface area contributed by atoms with Crippen LogP contribution in [0, 0.1) is 11.3 Å². The van der Waals surface area contributed by atoms with E-state index in [2.05, 4.69) is 13.8 Å². The topological polar surface area (TPSA) is 74.0 Å². The molecule has 0 aliphatic carbocycles. The van der Waals surface area contributed by atoms with E-state index in [1.165, 1.54) is 0 Å². The van der Waals surface area contributed by atoms with E-state index in [0.29, 0.717) is 24.6 Å². The second-order valence-corrected chi connectivity index (χ2v) is 8.25. The molecule has 6 nitrogen and oxygen atoms in total. The van der Waals surface area contributed by atoms with E-state index >= 15 is 0 Å². The van der Waals surface area contributed by atoms with Gasteiger partial charge in [-0.05, 0) is 43.7 Å². The van der Waals surface area contributed by atoms with Crippen molar-refractivity contribution in [2.45, 2.75) is 52.6 Å². The zero-order valence-corrected chi connectivity index (χ0v) is 15.9. The van der Waals surface area contributed by atoms with E-state index in [1.807, 2.05) is 9.80 Å². The maximum Gasteiger partial charge on any atom is 0.289 e. The third kappa shape index (κ3) is 4.11. The number of hydrogen-bond acceptors (Lipinski definition) is 4. The summed E-state index contributed by atoms with van der Waals surface area (Å²) in [6, 6.07) is 3.27. The molecule has 2 aliphatic heterocycles. The van der Waals surface area contributed by atoms with Gasteiger partial charge in [-0.2, -0.15) is 0 Å². The summed E-state index contributed by atoms with van der Waals surface area (Å²) in [5, 5.41) is 9.13. The van der Waals surface area contributed by atoms with E-state index in [0.717, 1.165) is 45.3 Å². The second kappa shape index (κ2) is 7.82. The molecule has 1 N–H and O–H groups in total. The van der Waals surface area contributed by atoms with Crippen molar-refractivity contribution in [2.75, 3.05) is 26.2 Å². The largest absolute Gasteiger partial charge is 0.453 e. The molecule has 2 saturated heterocycles. The van der Waals surface area contributed by atoms with Crippen molar-refractivity contribution in [1.29, 1.82) is 0 Å². The van der Waals surface area contributed by atoms with Gasteiger partial charge in [-0.3, -0.25) is 9.59 Å². The number of piperidine rings is 2. The maximum absolute atomic E-state index is 12.8. The smallest absolute Gasteiger partial charge is 0.289 e. The first-order valence-corrected chi connectivity index (χ1v) is 9.69. The molecule has 0 aromatic carbocycles. The molecule has 2 fully saturated rings. The minimum Gasteiger partial charge on any atom is -0.453 e. The van der Waals surface area contributed by atoms with Crippen LogP contribution in [0.2, 0.25) is 0 Å². The third-order valence-electron chi connectivity index (χ3n) is 5.70. The van der Waals surface area contributed by atoms with Crippen molar-refractivity contribution in [1.82, 2.24) is 9.80 Å². The van der Waals surface area contributed by atoms with Gasteiger partial charge in [0.25, 0.3) is 5.91 Å². The highest BCUT2D eigenvalue weighted by molar-refractivity contribution is 5.91. The number of nitrogens with zero attached hydrogens (tertiary/aromatic N) is 2. The molecule has 6 heteroatoms. The molecule has 0 saturated carbocycles. The first kappa shape index (κ1) is 19.0. The van der Waals surface area contributed by atoms with Crippen molar-refractivity contribution in [3.8, 4) is 0 Å². The van der Waals surface area contributed by atoms with Crippen LogP contribution in [-0.4, -0.2) is 52.9 Å². The molecule has 1 unspecified atom stereocenters. The summed E-state index contributed by atoms with van der Waals surface area (Å²) in [5.74, 6) is 1.40. The summed E-state index contributed by atoms with van der Waals surface area (Å²) in [4.78, 5) is 29.0. The van der Waals surface area contributed by atoms with E-state index < -0.39 is 0 Å². The summed E-state index contributed by atoms with van der Waals surface area (Å²) < 4.78 is 5.42. The van der Waals surface area contributed by atoms with Crippen LogP contribution in [0.15, 0.2) is 16.5 Å². The Kier molecular flexibility index (Phi) is 5.70. The van der Waals surface area contributed by atoms with E-state index in [-0.39, 0.29) is 29.6 Å². The molecule has 3 rings (SSSR count). The summed E-state index contributed by atoms with van der Waals surface area (Å²) >= 11 is 0. The number of aliphatic hydroxyl groups is 1. The predicted octanol–water partition coefficient (Wildman–Crippen LogP) is 2.66. The van der Waals surface area contributed by atoms with Gasteiger partial charge in [0.1, 0.15) is 12.4 Å². The van der Waals surface area contributed by atoms with Gasteiger partial charge in [-0.1, -0.05) is 13.8 Å². The van der Waals surface area contributed by atoms with Gasteiger partial charge >= 0.3 is 0 Å². The summed E-state index contributed by atoms with van der Waals surface area (Å²) in [7, 11) is 0. The number of likely N-dealkylation sites (tertiary alicyclic amines) is 2. The summed E-state index contributed by atoms with van der Waals surface area (Å²) in [6.07, 6.45) is 4.46. The normalized spacial score (nSPS) is 23.9. The Morgan fingerprint density at radius 3 is 2.81 bits per heavy atom. The van der Waals surface area contributed by atoms with Gasteiger partial charge in [0.15, 0.2) is 5.76 Å². The number of rotatable bonds is 5.